The van der Waals surface area contributed by atoms with Crippen LogP contribution >= 0.6 is 58.0 Å². The molecule has 242 valence electrons. The fraction of sp³-hybridized carbons (Fsp3) is 0.167. The number of aromatic nitrogens is 4. The van der Waals surface area contributed by atoms with Crippen molar-refractivity contribution in [2.75, 3.05) is 33.5 Å². The number of para-hydroxylation sites is 2. The first kappa shape index (κ1) is 38.3. The van der Waals surface area contributed by atoms with Gasteiger partial charge in [-0.1, -0.05) is 59.1 Å². The van der Waals surface area contributed by atoms with Crippen molar-refractivity contribution < 1.29 is 21.8 Å². The molecule has 4 rings (SSSR count). The second-order valence-corrected chi connectivity index (χ2v) is 14.6. The summed E-state index contributed by atoms with van der Waals surface area (Å²) < 4.78 is 50.0. The minimum Gasteiger partial charge on any atom is -0.338 e. The molecule has 0 fully saturated rings. The molecule has 14 nitrogen and oxygen atoms in total. The highest BCUT2D eigenvalue weighted by atomic mass is 35.5. The first-order valence-corrected chi connectivity index (χ1v) is 16.6. The lowest BCUT2D eigenvalue weighted by Crippen LogP contribution is -2.23. The summed E-state index contributed by atoms with van der Waals surface area (Å²) in [5.74, 6) is 0.234. The van der Waals surface area contributed by atoms with E-state index >= 15 is 0 Å². The van der Waals surface area contributed by atoms with Crippen LogP contribution in [0.25, 0.3) is 0 Å². The predicted octanol–water partition coefficient (Wildman–Crippen LogP) is 6.06. The number of hydrogen-bond donors (Lipinski definition) is 1. The molecule has 0 aliphatic carbocycles. The fourth-order valence-electron chi connectivity index (χ4n) is 2.90. The van der Waals surface area contributed by atoms with Gasteiger partial charge in [0, 0.05) is 34.3 Å². The van der Waals surface area contributed by atoms with Gasteiger partial charge < -0.3 is 5.32 Å². The average Bonchev–Trinajstić information content (AvgIpc) is 2.97. The largest absolute Gasteiger partial charge is 0.338 e. The van der Waals surface area contributed by atoms with E-state index in [1.165, 1.54) is 64.8 Å². The van der Waals surface area contributed by atoms with Gasteiger partial charge in [0.1, 0.15) is 9.92 Å². The molecule has 0 unspecified atom stereocenters. The van der Waals surface area contributed by atoms with Crippen molar-refractivity contribution >= 4 is 95.2 Å². The number of rotatable bonds is 7. The van der Waals surface area contributed by atoms with Crippen LogP contribution in [-0.4, -0.2) is 78.5 Å². The maximum absolute atomic E-state index is 12.3. The number of nitrogens with one attached hydrogen (secondary N) is 1. The molecule has 4 aromatic rings. The third-order valence-electron chi connectivity index (χ3n) is 5.11. The second kappa shape index (κ2) is 16.6. The van der Waals surface area contributed by atoms with E-state index in [0.717, 1.165) is 14.7 Å². The third-order valence-corrected chi connectivity index (χ3v) is 10.1. The Kier molecular flexibility index (Phi) is 14.1. The zero-order valence-corrected chi connectivity index (χ0v) is 29.0. The summed E-state index contributed by atoms with van der Waals surface area (Å²) in [4.78, 5) is 24.5. The molecular formula is C24H23Cl5N8O6S2. The van der Waals surface area contributed by atoms with Gasteiger partial charge in [0.25, 0.3) is 5.69 Å². The molecule has 0 saturated carbocycles. The summed E-state index contributed by atoms with van der Waals surface area (Å²) in [6, 6.07) is 11.7. The summed E-state index contributed by atoms with van der Waals surface area (Å²) in [5, 5.41) is 14.3. The van der Waals surface area contributed by atoms with E-state index in [9.17, 15) is 26.9 Å². The van der Waals surface area contributed by atoms with Gasteiger partial charge in [-0.15, -0.1) is 0 Å². The average molecular weight is 761 g/mol. The second-order valence-electron chi connectivity index (χ2n) is 8.53. The number of nitro benzene ring substituents is 1. The monoisotopic (exact) mass is 758 g/mol. The topological polar surface area (TPSA) is 181 Å². The quantitative estimate of drug-likeness (QED) is 0.100. The zero-order valence-electron chi connectivity index (χ0n) is 23.6. The first-order chi connectivity index (χ1) is 20.9. The smallest absolute Gasteiger partial charge is 0.289 e. The Morgan fingerprint density at radius 3 is 1.69 bits per heavy atom. The van der Waals surface area contributed by atoms with E-state index in [1.54, 1.807) is 18.2 Å². The van der Waals surface area contributed by atoms with Gasteiger partial charge in [-0.25, -0.2) is 40.4 Å². The predicted molar refractivity (Wildman–Crippen MR) is 174 cm³/mol. The Hall–Kier alpha value is -2.93. The SMILES string of the molecule is CN(C)S(=O)(=O)c1ccccc1Nc1nc(Cl)ncc1Cl.CN(C)S(=O)(=O)c1ccccc1[N+](=O)[O-].Clc1ncc(Cl)c(Cl)n1. The van der Waals surface area contributed by atoms with Crippen molar-refractivity contribution in [2.24, 2.45) is 0 Å². The van der Waals surface area contributed by atoms with Crippen LogP contribution in [-0.2, 0) is 20.0 Å². The Balaban J connectivity index is 0.000000256. The highest BCUT2D eigenvalue weighted by Gasteiger charge is 2.26. The summed E-state index contributed by atoms with van der Waals surface area (Å²) in [5.41, 5.74) is -0.0610. The molecule has 0 saturated heterocycles. The van der Waals surface area contributed by atoms with Crippen molar-refractivity contribution in [2.45, 2.75) is 9.79 Å². The number of anilines is 2. The lowest BCUT2D eigenvalue weighted by molar-refractivity contribution is -0.387. The highest BCUT2D eigenvalue weighted by molar-refractivity contribution is 7.89. The molecule has 0 radical (unpaired) electrons. The Morgan fingerprint density at radius 2 is 1.18 bits per heavy atom. The van der Waals surface area contributed by atoms with E-state index in [0.29, 0.717) is 10.7 Å². The van der Waals surface area contributed by atoms with Crippen molar-refractivity contribution in [3.05, 3.63) is 96.8 Å². The summed E-state index contributed by atoms with van der Waals surface area (Å²) >= 11 is 27.9. The number of hydrogen-bond acceptors (Lipinski definition) is 11. The number of sulfonamides is 2. The van der Waals surface area contributed by atoms with E-state index in [-0.39, 0.29) is 36.4 Å². The van der Waals surface area contributed by atoms with E-state index in [1.807, 2.05) is 0 Å². The van der Waals surface area contributed by atoms with Crippen molar-refractivity contribution in [1.82, 2.24) is 28.5 Å². The van der Waals surface area contributed by atoms with Gasteiger partial charge in [-0.3, -0.25) is 10.1 Å². The number of nitrogens with zero attached hydrogens (tertiary/aromatic N) is 7. The van der Waals surface area contributed by atoms with Gasteiger partial charge >= 0.3 is 0 Å². The molecule has 0 aliphatic rings. The van der Waals surface area contributed by atoms with Crippen LogP contribution in [0, 0.1) is 10.1 Å². The molecule has 21 heteroatoms. The summed E-state index contributed by atoms with van der Waals surface area (Å²) in [6.07, 6.45) is 2.68. The van der Waals surface area contributed by atoms with Crippen LogP contribution in [0.15, 0.2) is 70.7 Å². The van der Waals surface area contributed by atoms with Crippen LogP contribution in [0.1, 0.15) is 0 Å². The lowest BCUT2D eigenvalue weighted by atomic mass is 10.3. The molecule has 0 amide bonds. The lowest BCUT2D eigenvalue weighted by Gasteiger charge is -2.16. The Bertz CT molecular complexity index is 1880. The fourth-order valence-corrected chi connectivity index (χ4v) is 5.66. The molecule has 0 atom stereocenters. The molecule has 2 aromatic carbocycles. The van der Waals surface area contributed by atoms with E-state index in [4.69, 9.17) is 58.0 Å². The maximum Gasteiger partial charge on any atom is 0.289 e. The van der Waals surface area contributed by atoms with Gasteiger partial charge in [-0.05, 0) is 41.4 Å². The van der Waals surface area contributed by atoms with Crippen LogP contribution < -0.4 is 5.32 Å². The third kappa shape index (κ3) is 10.6. The number of halogens is 5. The highest BCUT2D eigenvalue weighted by Crippen LogP contribution is 2.29. The normalized spacial score (nSPS) is 11.3. The number of benzene rings is 2. The van der Waals surface area contributed by atoms with E-state index < -0.39 is 30.7 Å². The summed E-state index contributed by atoms with van der Waals surface area (Å²) in [6.45, 7) is 0. The minimum atomic E-state index is -3.76. The molecule has 0 spiro atoms. The minimum absolute atomic E-state index is 0.00912. The van der Waals surface area contributed by atoms with Crippen LogP contribution in [0.3, 0.4) is 0 Å². The molecule has 45 heavy (non-hydrogen) atoms. The molecule has 0 aliphatic heterocycles. The van der Waals surface area contributed by atoms with Crippen LogP contribution in [0.2, 0.25) is 25.8 Å². The summed E-state index contributed by atoms with van der Waals surface area (Å²) in [7, 11) is -1.79. The molecular weight excluding hydrogens is 738 g/mol. The van der Waals surface area contributed by atoms with Gasteiger partial charge in [-0.2, -0.15) is 4.98 Å². The standard InChI is InChI=1S/C12H12Cl2N4O2S.C8H10N2O4S.C4HCl3N2/c1-18(2)21(19,20)10-6-4-3-5-9(10)16-11-8(13)7-15-12(14)17-11;1-9(2)15(13,14)8-6-4-3-5-7(8)10(11)12;5-2-1-8-4(7)9-3(2)6/h3-7H,1-2H3,(H,15,16,17);3-6H,1-2H3;1H. The maximum atomic E-state index is 12.3. The van der Waals surface area contributed by atoms with Gasteiger partial charge in [0.15, 0.2) is 15.9 Å². The van der Waals surface area contributed by atoms with Crippen molar-refractivity contribution in [3.8, 4) is 0 Å². The molecule has 2 aromatic heterocycles. The van der Waals surface area contributed by atoms with Gasteiger partial charge in [0.05, 0.1) is 28.0 Å². The molecule has 0 bridgehead atoms. The molecule has 1 N–H and O–H groups in total. The van der Waals surface area contributed by atoms with Crippen LogP contribution in [0.5, 0.6) is 0 Å². The van der Waals surface area contributed by atoms with Gasteiger partial charge in [0.2, 0.25) is 30.6 Å². The zero-order chi connectivity index (χ0) is 34.1. The number of nitro groups is 1. The van der Waals surface area contributed by atoms with Crippen molar-refractivity contribution in [1.29, 1.82) is 0 Å². The van der Waals surface area contributed by atoms with E-state index in [2.05, 4.69) is 25.3 Å². The molecule has 2 heterocycles. The first-order valence-electron chi connectivity index (χ1n) is 11.9. The van der Waals surface area contributed by atoms with Crippen molar-refractivity contribution in [3.63, 3.8) is 0 Å². The Labute approximate surface area is 284 Å². The Morgan fingerprint density at radius 1 is 0.711 bits per heavy atom. The van der Waals surface area contributed by atoms with Crippen LogP contribution in [0.4, 0.5) is 17.2 Å².